The van der Waals surface area contributed by atoms with Crippen LogP contribution < -0.4 is 4.98 Å². The zero-order valence-electron chi connectivity index (χ0n) is 6.24. The van der Waals surface area contributed by atoms with E-state index in [0.717, 1.165) is 13.2 Å². The predicted molar refractivity (Wildman–Crippen MR) is 40.3 cm³/mol. The number of rotatable bonds is 6. The highest BCUT2D eigenvalue weighted by atomic mass is 28.2. The van der Waals surface area contributed by atoms with Crippen LogP contribution in [0.3, 0.4) is 0 Å². The third-order valence-electron chi connectivity index (χ3n) is 0.921. The minimum absolute atomic E-state index is 0.492. The van der Waals surface area contributed by atoms with Crippen LogP contribution in [0.1, 0.15) is 26.7 Å². The van der Waals surface area contributed by atoms with Crippen molar-refractivity contribution in [2.45, 2.75) is 26.7 Å². The molecule has 0 aliphatic heterocycles. The lowest BCUT2D eigenvalue weighted by Crippen LogP contribution is -2.21. The maximum absolute atomic E-state index is 5.23. The summed E-state index contributed by atoms with van der Waals surface area (Å²) in [6, 6.07) is 0. The van der Waals surface area contributed by atoms with E-state index in [9.17, 15) is 0 Å². The quantitative estimate of drug-likeness (QED) is 0.444. The van der Waals surface area contributed by atoms with Crippen molar-refractivity contribution in [3.63, 3.8) is 0 Å². The number of hydrogen-bond acceptors (Lipinski definition) is 2. The molecular weight excluding hydrogens is 130 g/mol. The molecule has 1 N–H and O–H groups in total. The van der Waals surface area contributed by atoms with Gasteiger partial charge in [-0.15, -0.1) is 0 Å². The maximum Gasteiger partial charge on any atom is 0.337 e. The second-order valence-electron chi connectivity index (χ2n) is 1.83. The molecule has 3 heteroatoms. The van der Waals surface area contributed by atoms with Gasteiger partial charge in [0, 0.05) is 6.61 Å². The van der Waals surface area contributed by atoms with Crippen molar-refractivity contribution in [1.82, 2.24) is 4.98 Å². The summed E-state index contributed by atoms with van der Waals surface area (Å²) in [7, 11) is 0.492. The average Bonchev–Trinajstić information content (AvgIpc) is 1.89. The van der Waals surface area contributed by atoms with Crippen molar-refractivity contribution >= 4 is 9.92 Å². The highest BCUT2D eigenvalue weighted by Gasteiger charge is 1.86. The number of unbranched alkanes of at least 4 members (excludes halogenated alkanes) is 1. The zero-order chi connectivity index (χ0) is 6.95. The van der Waals surface area contributed by atoms with Crippen molar-refractivity contribution in [2.75, 3.05) is 13.2 Å². The fraction of sp³-hybridized carbons (Fsp3) is 1.00. The Hall–Kier alpha value is 0.137. The fourth-order valence-corrected chi connectivity index (χ4v) is 0.884. The summed E-state index contributed by atoms with van der Waals surface area (Å²) in [4.78, 5) is 3.11. The Kier molecular flexibility index (Phi) is 8.26. The van der Waals surface area contributed by atoms with Gasteiger partial charge in [0.1, 0.15) is 0 Å². The average molecular weight is 145 g/mol. The molecule has 0 aromatic carbocycles. The van der Waals surface area contributed by atoms with E-state index in [1.165, 1.54) is 12.8 Å². The summed E-state index contributed by atoms with van der Waals surface area (Å²) in [5.41, 5.74) is 0. The molecule has 0 fully saturated rings. The molecule has 2 nitrogen and oxygen atoms in total. The molecule has 0 aromatic heterocycles. The van der Waals surface area contributed by atoms with Gasteiger partial charge in [0.05, 0.1) is 0 Å². The van der Waals surface area contributed by atoms with Crippen LogP contribution >= 0.6 is 0 Å². The summed E-state index contributed by atoms with van der Waals surface area (Å²) in [6.07, 6.45) is 2.40. The van der Waals surface area contributed by atoms with E-state index in [2.05, 4.69) is 18.8 Å². The van der Waals surface area contributed by atoms with Crippen molar-refractivity contribution < 1.29 is 4.43 Å². The standard InChI is InChI=1S/C6H15NOSi/c1-3-5-6-8-9-7-4-2/h7H,3-6H2,1-2H3. The van der Waals surface area contributed by atoms with E-state index in [-0.39, 0.29) is 0 Å². The molecule has 0 saturated carbocycles. The van der Waals surface area contributed by atoms with Crippen LogP contribution in [-0.4, -0.2) is 23.1 Å². The first-order chi connectivity index (χ1) is 4.41. The lowest BCUT2D eigenvalue weighted by atomic mass is 10.4. The first-order valence-corrected chi connectivity index (χ1v) is 4.42. The Labute approximate surface area is 60.0 Å². The fourth-order valence-electron chi connectivity index (χ4n) is 0.391. The summed E-state index contributed by atoms with van der Waals surface area (Å²) in [6.45, 7) is 6.16. The Morgan fingerprint density at radius 3 is 2.78 bits per heavy atom. The normalized spacial score (nSPS) is 10.0. The van der Waals surface area contributed by atoms with E-state index in [1.807, 2.05) is 0 Å². The van der Waals surface area contributed by atoms with Crippen molar-refractivity contribution in [3.8, 4) is 0 Å². The maximum atomic E-state index is 5.23. The van der Waals surface area contributed by atoms with Crippen LogP contribution in [0, 0.1) is 0 Å². The van der Waals surface area contributed by atoms with Crippen LogP contribution in [-0.2, 0) is 4.43 Å². The van der Waals surface area contributed by atoms with Gasteiger partial charge in [-0.3, -0.25) is 0 Å². The highest BCUT2D eigenvalue weighted by molar-refractivity contribution is 6.23. The van der Waals surface area contributed by atoms with Gasteiger partial charge in [-0.25, -0.2) is 0 Å². The molecule has 0 spiro atoms. The summed E-state index contributed by atoms with van der Waals surface area (Å²) < 4.78 is 5.23. The molecule has 0 rings (SSSR count). The van der Waals surface area contributed by atoms with E-state index >= 15 is 0 Å². The topological polar surface area (TPSA) is 21.3 Å². The highest BCUT2D eigenvalue weighted by Crippen LogP contribution is 1.84. The molecule has 0 aromatic rings. The van der Waals surface area contributed by atoms with Crippen LogP contribution in [0.25, 0.3) is 0 Å². The van der Waals surface area contributed by atoms with Crippen molar-refractivity contribution in [3.05, 3.63) is 0 Å². The third kappa shape index (κ3) is 8.14. The van der Waals surface area contributed by atoms with Crippen LogP contribution in [0.5, 0.6) is 0 Å². The molecule has 0 aliphatic carbocycles. The molecule has 9 heavy (non-hydrogen) atoms. The Balaban J connectivity index is 2.60. The second kappa shape index (κ2) is 8.14. The summed E-state index contributed by atoms with van der Waals surface area (Å²) >= 11 is 0. The smallest absolute Gasteiger partial charge is 0.337 e. The molecule has 0 saturated heterocycles. The van der Waals surface area contributed by atoms with E-state index < -0.39 is 0 Å². The minimum Gasteiger partial charge on any atom is -0.402 e. The van der Waals surface area contributed by atoms with Crippen LogP contribution in [0.4, 0.5) is 0 Å². The third-order valence-corrected chi connectivity index (χ3v) is 1.77. The van der Waals surface area contributed by atoms with E-state index in [1.54, 1.807) is 0 Å². The van der Waals surface area contributed by atoms with Gasteiger partial charge in [0.2, 0.25) is 0 Å². The van der Waals surface area contributed by atoms with Crippen LogP contribution in [0.15, 0.2) is 0 Å². The molecule has 2 radical (unpaired) electrons. The molecule has 0 bridgehead atoms. The Morgan fingerprint density at radius 2 is 2.22 bits per heavy atom. The largest absolute Gasteiger partial charge is 0.402 e. The molecular formula is C6H15NOSi. The second-order valence-corrected chi connectivity index (χ2v) is 2.68. The minimum atomic E-state index is 0.492. The lowest BCUT2D eigenvalue weighted by molar-refractivity contribution is 0.320. The zero-order valence-corrected chi connectivity index (χ0v) is 7.24. The van der Waals surface area contributed by atoms with Crippen molar-refractivity contribution in [2.24, 2.45) is 0 Å². The van der Waals surface area contributed by atoms with Gasteiger partial charge in [0.15, 0.2) is 0 Å². The molecule has 0 atom stereocenters. The molecule has 0 amide bonds. The number of hydrogen-bond donors (Lipinski definition) is 1. The van der Waals surface area contributed by atoms with Crippen LogP contribution in [0.2, 0.25) is 0 Å². The first-order valence-electron chi connectivity index (χ1n) is 3.51. The van der Waals surface area contributed by atoms with Gasteiger partial charge in [0.25, 0.3) is 0 Å². The summed E-state index contributed by atoms with van der Waals surface area (Å²) in [5.74, 6) is 0. The van der Waals surface area contributed by atoms with E-state index in [4.69, 9.17) is 4.43 Å². The van der Waals surface area contributed by atoms with E-state index in [0.29, 0.717) is 9.92 Å². The number of nitrogens with one attached hydrogen (secondary N) is 1. The van der Waals surface area contributed by atoms with Crippen molar-refractivity contribution in [1.29, 1.82) is 0 Å². The molecule has 0 heterocycles. The van der Waals surface area contributed by atoms with Gasteiger partial charge < -0.3 is 9.41 Å². The monoisotopic (exact) mass is 145 g/mol. The van der Waals surface area contributed by atoms with Gasteiger partial charge >= 0.3 is 9.92 Å². The van der Waals surface area contributed by atoms with Gasteiger partial charge in [-0.2, -0.15) is 0 Å². The first kappa shape index (κ1) is 9.14. The molecule has 0 aliphatic rings. The molecule has 54 valence electrons. The SMILES string of the molecule is CCCCO[Si]NCC. The Morgan fingerprint density at radius 1 is 1.44 bits per heavy atom. The van der Waals surface area contributed by atoms with Gasteiger partial charge in [-0.05, 0) is 13.0 Å². The Bertz CT molecular complexity index is 46.3. The molecule has 0 unspecified atom stereocenters. The summed E-state index contributed by atoms with van der Waals surface area (Å²) in [5, 5.41) is 0. The van der Waals surface area contributed by atoms with Gasteiger partial charge in [-0.1, -0.05) is 20.3 Å². The predicted octanol–water partition coefficient (Wildman–Crippen LogP) is 0.947. The lowest BCUT2D eigenvalue weighted by Gasteiger charge is -1.99.